The molecule has 0 spiro atoms. The molecule has 240 valence electrons. The summed E-state index contributed by atoms with van der Waals surface area (Å²) in [5.74, 6) is -0.0618. The molecule has 3 aliphatic rings. The van der Waals surface area contributed by atoms with Crippen molar-refractivity contribution in [1.82, 2.24) is 25.3 Å². The minimum Gasteiger partial charge on any atom is -0.493 e. The number of sulfone groups is 1. The van der Waals surface area contributed by atoms with Crippen LogP contribution in [-0.4, -0.2) is 96.4 Å². The average Bonchev–Trinajstić information content (AvgIpc) is 3.62. The van der Waals surface area contributed by atoms with E-state index in [-0.39, 0.29) is 35.4 Å². The third-order valence-electron chi connectivity index (χ3n) is 8.80. The normalized spacial score (nSPS) is 26.4. The topological polar surface area (TPSA) is 152 Å². The van der Waals surface area contributed by atoms with Crippen LogP contribution in [0.1, 0.15) is 41.6 Å². The van der Waals surface area contributed by atoms with Crippen LogP contribution in [0.3, 0.4) is 0 Å². The van der Waals surface area contributed by atoms with E-state index in [2.05, 4.69) is 15.7 Å². The van der Waals surface area contributed by atoms with E-state index in [9.17, 15) is 23.1 Å². The Kier molecular flexibility index (Phi) is 8.96. The summed E-state index contributed by atoms with van der Waals surface area (Å²) in [7, 11) is -1.49. The molecular formula is C32H39N5O7S. The summed E-state index contributed by atoms with van der Waals surface area (Å²) < 4.78 is 38.0. The van der Waals surface area contributed by atoms with Gasteiger partial charge in [-0.2, -0.15) is 5.10 Å². The number of amides is 2. The summed E-state index contributed by atoms with van der Waals surface area (Å²) in [4.78, 5) is 29.5. The summed E-state index contributed by atoms with van der Waals surface area (Å²) in [6, 6.07) is 11.2. The Labute approximate surface area is 262 Å². The molecule has 5 atom stereocenters. The molecule has 2 saturated heterocycles. The third-order valence-corrected chi connectivity index (χ3v) is 9.93. The van der Waals surface area contributed by atoms with Crippen LogP contribution in [0.25, 0.3) is 11.1 Å². The van der Waals surface area contributed by atoms with Crippen LogP contribution in [0.15, 0.2) is 59.8 Å². The SMILES string of the molecule is Cn1cc(-c2ccc3c(c2)OCC[C@@H]2CC[C@H](O)[C@@H](CNC(=O)[C@@H]4C[C@@H](CN4Cc4ccc(S(C)(=O)=O)cc4)NC3=O)O2)cn1. The van der Waals surface area contributed by atoms with Crippen LogP contribution >= 0.6 is 0 Å². The van der Waals surface area contributed by atoms with E-state index >= 15 is 0 Å². The molecule has 12 nitrogen and oxygen atoms in total. The van der Waals surface area contributed by atoms with Crippen LogP contribution in [0.2, 0.25) is 0 Å². The molecule has 0 saturated carbocycles. The molecule has 4 heterocycles. The Morgan fingerprint density at radius 1 is 1.07 bits per heavy atom. The number of hydrogen-bond donors (Lipinski definition) is 3. The van der Waals surface area contributed by atoms with Gasteiger partial charge in [-0.3, -0.25) is 19.2 Å². The Morgan fingerprint density at radius 3 is 2.60 bits per heavy atom. The maximum atomic E-state index is 13.7. The quantitative estimate of drug-likeness (QED) is 0.388. The summed E-state index contributed by atoms with van der Waals surface area (Å²) in [6.07, 6.45) is 5.57. The van der Waals surface area contributed by atoms with Gasteiger partial charge in [-0.15, -0.1) is 0 Å². The predicted molar refractivity (Wildman–Crippen MR) is 165 cm³/mol. The molecular weight excluding hydrogens is 598 g/mol. The highest BCUT2D eigenvalue weighted by atomic mass is 32.2. The number of likely N-dealkylation sites (tertiary alicyclic amines) is 1. The molecule has 0 aliphatic carbocycles. The molecule has 3 aliphatic heterocycles. The van der Waals surface area contributed by atoms with Crippen molar-refractivity contribution in [2.24, 2.45) is 7.05 Å². The molecule has 2 amide bonds. The third kappa shape index (κ3) is 7.22. The largest absolute Gasteiger partial charge is 0.493 e. The Hall–Kier alpha value is -3.78. The van der Waals surface area contributed by atoms with Crippen LogP contribution in [0, 0.1) is 0 Å². The number of carbonyl (C=O) groups is 2. The first-order valence-corrected chi connectivity index (χ1v) is 17.1. The standard InChI is InChI=1S/C32H39N5O7S/c1-36-18-22(15-34-36)21-5-9-26-29(13-21)43-12-11-24-6-10-28(38)30(44-24)16-33-32(40)27-14-23(35-31(26)39)19-37(27)17-20-3-7-25(8-4-20)45(2,41)42/h3-5,7-9,13,15,18,23-24,27-28,30,38H,6,10-12,14,16-17,19H2,1-2H3,(H,33,40)(H,35,39)/t23-,24-,27-,28-,30+/m0/s1. The van der Waals surface area contributed by atoms with Gasteiger partial charge < -0.3 is 25.2 Å². The summed E-state index contributed by atoms with van der Waals surface area (Å²) in [6.45, 7) is 1.27. The number of nitrogens with one attached hydrogen (secondary N) is 2. The zero-order valence-corrected chi connectivity index (χ0v) is 26.2. The first kappa shape index (κ1) is 31.2. The second-order valence-corrected chi connectivity index (χ2v) is 14.2. The lowest BCUT2D eigenvalue weighted by Gasteiger charge is -2.34. The van der Waals surface area contributed by atoms with Crippen molar-refractivity contribution < 1.29 is 32.6 Å². The minimum atomic E-state index is -3.34. The van der Waals surface area contributed by atoms with Crippen molar-refractivity contribution in [2.45, 2.75) is 67.5 Å². The van der Waals surface area contributed by atoms with Crippen molar-refractivity contribution in [3.63, 3.8) is 0 Å². The van der Waals surface area contributed by atoms with E-state index in [4.69, 9.17) is 9.47 Å². The van der Waals surface area contributed by atoms with E-state index in [1.165, 1.54) is 0 Å². The fourth-order valence-electron chi connectivity index (χ4n) is 6.34. The van der Waals surface area contributed by atoms with E-state index in [0.717, 1.165) is 22.9 Å². The lowest BCUT2D eigenvalue weighted by atomic mass is 9.99. The van der Waals surface area contributed by atoms with Crippen molar-refractivity contribution in [3.05, 3.63) is 66.0 Å². The number of carbonyl (C=O) groups excluding carboxylic acids is 2. The van der Waals surface area contributed by atoms with Crippen molar-refractivity contribution in [1.29, 1.82) is 0 Å². The Bertz CT molecular complexity index is 1660. The number of hydrogen-bond acceptors (Lipinski definition) is 9. The van der Waals surface area contributed by atoms with E-state index in [1.807, 2.05) is 30.3 Å². The molecule has 2 aromatic carbocycles. The Morgan fingerprint density at radius 2 is 1.87 bits per heavy atom. The number of aliphatic hydroxyl groups excluding tert-OH is 1. The average molecular weight is 638 g/mol. The van der Waals surface area contributed by atoms with E-state index in [0.29, 0.717) is 56.7 Å². The number of aromatic nitrogens is 2. The first-order chi connectivity index (χ1) is 21.5. The van der Waals surface area contributed by atoms with Crippen molar-refractivity contribution in [3.8, 4) is 16.9 Å². The van der Waals surface area contributed by atoms with Gasteiger partial charge in [0.25, 0.3) is 5.91 Å². The molecule has 45 heavy (non-hydrogen) atoms. The van der Waals surface area contributed by atoms with Crippen molar-refractivity contribution in [2.75, 3.05) is 26.0 Å². The second kappa shape index (κ2) is 12.9. The van der Waals surface area contributed by atoms with Crippen LogP contribution in [0.4, 0.5) is 0 Å². The van der Waals surface area contributed by atoms with E-state index < -0.39 is 28.1 Å². The monoisotopic (exact) mass is 637 g/mol. The molecule has 0 radical (unpaired) electrons. The summed E-state index contributed by atoms with van der Waals surface area (Å²) in [5.41, 5.74) is 3.00. The predicted octanol–water partition coefficient (Wildman–Crippen LogP) is 1.67. The van der Waals surface area contributed by atoms with Gasteiger partial charge in [0, 0.05) is 57.2 Å². The highest BCUT2D eigenvalue weighted by molar-refractivity contribution is 7.90. The van der Waals surface area contributed by atoms with Crippen LogP contribution in [0.5, 0.6) is 5.75 Å². The van der Waals surface area contributed by atoms with Gasteiger partial charge in [0.05, 0.1) is 41.5 Å². The highest BCUT2D eigenvalue weighted by Crippen LogP contribution is 2.30. The molecule has 3 aromatic rings. The second-order valence-electron chi connectivity index (χ2n) is 12.2. The molecule has 1 aromatic heterocycles. The van der Waals surface area contributed by atoms with Gasteiger partial charge in [-0.25, -0.2) is 8.42 Å². The molecule has 4 bridgehead atoms. The maximum absolute atomic E-state index is 13.7. The van der Waals surface area contributed by atoms with Crippen LogP contribution < -0.4 is 15.4 Å². The summed E-state index contributed by atoms with van der Waals surface area (Å²) >= 11 is 0. The van der Waals surface area contributed by atoms with Gasteiger partial charge in [-0.05, 0) is 54.7 Å². The molecule has 13 heteroatoms. The summed E-state index contributed by atoms with van der Waals surface area (Å²) in [5, 5.41) is 21.0. The fourth-order valence-corrected chi connectivity index (χ4v) is 6.97. The smallest absolute Gasteiger partial charge is 0.255 e. The molecule has 3 N–H and O–H groups in total. The van der Waals surface area contributed by atoms with Gasteiger partial charge >= 0.3 is 0 Å². The number of aliphatic hydroxyl groups is 1. The number of rotatable bonds is 4. The fraction of sp³-hybridized carbons (Fsp3) is 0.469. The number of fused-ring (bicyclic) bond motifs is 5. The maximum Gasteiger partial charge on any atom is 0.255 e. The number of benzene rings is 2. The minimum absolute atomic E-state index is 0.163. The number of aryl methyl sites for hydroxylation is 1. The van der Waals surface area contributed by atoms with Crippen LogP contribution in [-0.2, 0) is 33.0 Å². The van der Waals surface area contributed by atoms with Gasteiger partial charge in [0.2, 0.25) is 5.91 Å². The first-order valence-electron chi connectivity index (χ1n) is 15.2. The lowest BCUT2D eigenvalue weighted by molar-refractivity contribution is -0.133. The zero-order valence-electron chi connectivity index (χ0n) is 25.4. The Balaban J connectivity index is 1.28. The van der Waals surface area contributed by atoms with Gasteiger partial charge in [0.15, 0.2) is 9.84 Å². The lowest BCUT2D eigenvalue weighted by Crippen LogP contribution is -2.50. The van der Waals surface area contributed by atoms with Gasteiger partial charge in [0.1, 0.15) is 11.9 Å². The molecule has 0 unspecified atom stereocenters. The zero-order chi connectivity index (χ0) is 31.7. The molecule has 6 rings (SSSR count). The molecule has 2 fully saturated rings. The van der Waals surface area contributed by atoms with Crippen molar-refractivity contribution >= 4 is 21.7 Å². The van der Waals surface area contributed by atoms with Gasteiger partial charge in [-0.1, -0.05) is 18.2 Å². The highest BCUT2D eigenvalue weighted by Gasteiger charge is 2.39. The van der Waals surface area contributed by atoms with E-state index in [1.54, 1.807) is 41.2 Å². The number of nitrogens with zero attached hydrogens (tertiary/aromatic N) is 3. The number of ether oxygens (including phenoxy) is 2.